The summed E-state index contributed by atoms with van der Waals surface area (Å²) in [6, 6.07) is 22.5. The summed E-state index contributed by atoms with van der Waals surface area (Å²) in [7, 11) is 1.43. The summed E-state index contributed by atoms with van der Waals surface area (Å²) in [6.45, 7) is 0. The van der Waals surface area contributed by atoms with Gasteiger partial charge >= 0.3 is 12.1 Å². The maximum atomic E-state index is 13.8. The minimum Gasteiger partial charge on any atom is -0.497 e. The number of hydrogen-bond acceptors (Lipinski definition) is 6. The maximum absolute atomic E-state index is 13.8. The monoisotopic (exact) mass is 532 g/mol. The summed E-state index contributed by atoms with van der Waals surface area (Å²) in [6.07, 6.45) is -2.26. The van der Waals surface area contributed by atoms with Crippen LogP contribution in [0.1, 0.15) is 11.3 Å². The number of ether oxygens (including phenoxy) is 3. The van der Waals surface area contributed by atoms with Crippen molar-refractivity contribution in [2.24, 2.45) is 0 Å². The van der Waals surface area contributed by atoms with Crippen molar-refractivity contribution in [3.8, 4) is 23.0 Å². The zero-order valence-electron chi connectivity index (χ0n) is 20.3. The first-order chi connectivity index (χ1) is 18.7. The molecule has 1 heterocycles. The largest absolute Gasteiger partial charge is 0.497 e. The van der Waals surface area contributed by atoms with Gasteiger partial charge in [0.2, 0.25) is 11.2 Å². The Labute approximate surface area is 219 Å². The van der Waals surface area contributed by atoms with Gasteiger partial charge in [0.15, 0.2) is 0 Å². The van der Waals surface area contributed by atoms with Gasteiger partial charge in [-0.2, -0.15) is 13.2 Å². The number of carbonyl (C=O) groups excluding carboxylic acids is 1. The second-order valence-electron chi connectivity index (χ2n) is 8.35. The third-order valence-corrected chi connectivity index (χ3v) is 5.80. The summed E-state index contributed by atoms with van der Waals surface area (Å²) >= 11 is 0. The lowest BCUT2D eigenvalue weighted by atomic mass is 10.0. The lowest BCUT2D eigenvalue weighted by molar-refractivity contribution is -0.154. The first kappa shape index (κ1) is 25.6. The van der Waals surface area contributed by atoms with Crippen LogP contribution in [0.4, 0.5) is 13.2 Å². The van der Waals surface area contributed by atoms with Crippen molar-refractivity contribution in [3.63, 3.8) is 0 Å². The molecule has 0 fully saturated rings. The number of halogens is 3. The molecule has 0 amide bonds. The van der Waals surface area contributed by atoms with E-state index in [1.807, 2.05) is 42.5 Å². The molecule has 5 aromatic rings. The van der Waals surface area contributed by atoms with E-state index in [-0.39, 0.29) is 16.9 Å². The molecular formula is C30H19F3O6. The predicted octanol–water partition coefficient (Wildman–Crippen LogP) is 7.38. The average Bonchev–Trinajstić information content (AvgIpc) is 2.93. The molecule has 0 aliphatic heterocycles. The smallest absolute Gasteiger partial charge is 0.453 e. The Hall–Kier alpha value is -5.05. The van der Waals surface area contributed by atoms with E-state index in [0.717, 1.165) is 22.4 Å². The number of hydrogen-bond donors (Lipinski definition) is 0. The molecule has 9 heteroatoms. The molecule has 0 unspecified atom stereocenters. The highest BCUT2D eigenvalue weighted by molar-refractivity contribution is 5.95. The van der Waals surface area contributed by atoms with E-state index >= 15 is 0 Å². The molecular weight excluding hydrogens is 513 g/mol. The zero-order valence-corrected chi connectivity index (χ0v) is 20.3. The van der Waals surface area contributed by atoms with Crippen LogP contribution in [-0.4, -0.2) is 13.1 Å². The number of fused-ring (bicyclic) bond motifs is 2. The van der Waals surface area contributed by atoms with Crippen molar-refractivity contribution >= 4 is 33.8 Å². The molecule has 6 nitrogen and oxygen atoms in total. The molecule has 0 spiro atoms. The normalized spacial score (nSPS) is 11.7. The molecule has 196 valence electrons. The number of carbonyl (C=O) groups is 1. The SMILES string of the molecule is COc1ccc(Oc2c(C(F)(F)F)oc3cc(OC(=O)C=Cc4cccc5ccccc45)ccc3c2=O)cc1. The summed E-state index contributed by atoms with van der Waals surface area (Å²) < 4.78 is 62.1. The lowest BCUT2D eigenvalue weighted by Gasteiger charge is -2.13. The van der Waals surface area contributed by atoms with Crippen molar-refractivity contribution in [1.82, 2.24) is 0 Å². The molecule has 39 heavy (non-hydrogen) atoms. The molecule has 0 radical (unpaired) electrons. The van der Waals surface area contributed by atoms with Gasteiger partial charge < -0.3 is 18.6 Å². The van der Waals surface area contributed by atoms with Crippen LogP contribution in [0.2, 0.25) is 0 Å². The summed E-state index contributed by atoms with van der Waals surface area (Å²) in [4.78, 5) is 25.4. The second kappa shape index (κ2) is 10.4. The van der Waals surface area contributed by atoms with E-state index < -0.39 is 34.7 Å². The topological polar surface area (TPSA) is 75.0 Å². The lowest BCUT2D eigenvalue weighted by Crippen LogP contribution is -2.15. The highest BCUT2D eigenvalue weighted by Gasteiger charge is 2.40. The van der Waals surface area contributed by atoms with Gasteiger partial charge in [-0.1, -0.05) is 42.5 Å². The Balaban J connectivity index is 1.44. The number of rotatable bonds is 6. The number of esters is 1. The maximum Gasteiger partial charge on any atom is 0.453 e. The van der Waals surface area contributed by atoms with Crippen LogP contribution < -0.4 is 19.6 Å². The van der Waals surface area contributed by atoms with E-state index in [4.69, 9.17) is 18.6 Å². The fourth-order valence-electron chi connectivity index (χ4n) is 3.96. The molecule has 0 bridgehead atoms. The van der Waals surface area contributed by atoms with Gasteiger partial charge in [0, 0.05) is 12.1 Å². The fourth-order valence-corrected chi connectivity index (χ4v) is 3.96. The summed E-state index contributed by atoms with van der Waals surface area (Å²) in [5.74, 6) is -3.05. The van der Waals surface area contributed by atoms with Crippen molar-refractivity contribution in [1.29, 1.82) is 0 Å². The Morgan fingerprint density at radius 3 is 2.28 bits per heavy atom. The Morgan fingerprint density at radius 2 is 1.54 bits per heavy atom. The van der Waals surface area contributed by atoms with Gasteiger partial charge in [-0.05, 0) is 58.8 Å². The van der Waals surface area contributed by atoms with Gasteiger partial charge in [-0.3, -0.25) is 4.79 Å². The molecule has 5 rings (SSSR count). The summed E-state index contributed by atoms with van der Waals surface area (Å²) in [5, 5.41) is 1.75. The molecule has 0 N–H and O–H groups in total. The van der Waals surface area contributed by atoms with Crippen LogP contribution in [0, 0.1) is 0 Å². The predicted molar refractivity (Wildman–Crippen MR) is 139 cm³/mol. The van der Waals surface area contributed by atoms with Crippen molar-refractivity contribution < 1.29 is 36.6 Å². The van der Waals surface area contributed by atoms with Gasteiger partial charge in [-0.15, -0.1) is 0 Å². The summed E-state index contributed by atoms with van der Waals surface area (Å²) in [5.41, 5.74) is -0.667. The molecule has 0 aliphatic rings. The quantitative estimate of drug-likeness (QED) is 0.129. The van der Waals surface area contributed by atoms with E-state index in [1.165, 1.54) is 49.6 Å². The highest BCUT2D eigenvalue weighted by Crippen LogP contribution is 2.39. The minimum atomic E-state index is -5.04. The van der Waals surface area contributed by atoms with Crippen LogP contribution in [0.5, 0.6) is 23.0 Å². The van der Waals surface area contributed by atoms with Crippen LogP contribution >= 0.6 is 0 Å². The van der Waals surface area contributed by atoms with E-state index in [0.29, 0.717) is 5.75 Å². The Bertz CT molecular complexity index is 1760. The number of methoxy groups -OCH3 is 1. The Morgan fingerprint density at radius 1 is 0.846 bits per heavy atom. The van der Waals surface area contributed by atoms with Gasteiger partial charge in [0.25, 0.3) is 5.76 Å². The average molecular weight is 532 g/mol. The first-order valence-corrected chi connectivity index (χ1v) is 11.6. The minimum absolute atomic E-state index is 0.0171. The van der Waals surface area contributed by atoms with Crippen LogP contribution in [-0.2, 0) is 11.0 Å². The third-order valence-electron chi connectivity index (χ3n) is 5.80. The number of benzene rings is 4. The third kappa shape index (κ3) is 5.47. The molecule has 0 atom stereocenters. The van der Waals surface area contributed by atoms with Crippen LogP contribution in [0.15, 0.2) is 100 Å². The molecule has 0 saturated carbocycles. The van der Waals surface area contributed by atoms with Crippen molar-refractivity contribution in [2.45, 2.75) is 6.18 Å². The van der Waals surface area contributed by atoms with Crippen molar-refractivity contribution in [3.05, 3.63) is 113 Å². The van der Waals surface area contributed by atoms with E-state index in [2.05, 4.69) is 0 Å². The van der Waals surface area contributed by atoms with Crippen LogP contribution in [0.25, 0.3) is 27.8 Å². The molecule has 1 aromatic heterocycles. The van der Waals surface area contributed by atoms with E-state index in [1.54, 1.807) is 6.08 Å². The highest BCUT2D eigenvalue weighted by atomic mass is 19.4. The van der Waals surface area contributed by atoms with Crippen LogP contribution in [0.3, 0.4) is 0 Å². The molecule has 4 aromatic carbocycles. The van der Waals surface area contributed by atoms with Gasteiger partial charge in [-0.25, -0.2) is 4.79 Å². The molecule has 0 aliphatic carbocycles. The number of alkyl halides is 3. The van der Waals surface area contributed by atoms with E-state index in [9.17, 15) is 22.8 Å². The van der Waals surface area contributed by atoms with Gasteiger partial charge in [0.1, 0.15) is 22.8 Å². The molecule has 0 saturated heterocycles. The fraction of sp³-hybridized carbons (Fsp3) is 0.0667. The second-order valence-corrected chi connectivity index (χ2v) is 8.35. The van der Waals surface area contributed by atoms with Crippen molar-refractivity contribution in [2.75, 3.05) is 7.11 Å². The Kier molecular flexibility index (Phi) is 6.81. The van der Waals surface area contributed by atoms with Gasteiger partial charge in [0.05, 0.1) is 12.5 Å². The zero-order chi connectivity index (χ0) is 27.6. The standard InChI is InChI=1S/C30H19F3O6/c1-36-20-10-12-21(13-11-20)38-28-27(35)24-15-14-22(17-25(24)39-29(28)30(31,32)33)37-26(34)16-9-19-7-4-6-18-5-2-3-8-23(18)19/h2-17H,1H3. The first-order valence-electron chi connectivity index (χ1n) is 11.6.